The van der Waals surface area contributed by atoms with Crippen LogP contribution in [0.2, 0.25) is 10.0 Å². The summed E-state index contributed by atoms with van der Waals surface area (Å²) >= 11 is 12.8. The number of nitrogens with zero attached hydrogens (tertiary/aromatic N) is 3. The zero-order valence-corrected chi connectivity index (χ0v) is 21.0. The first-order valence-electron chi connectivity index (χ1n) is 11.8. The summed E-state index contributed by atoms with van der Waals surface area (Å²) in [7, 11) is 12.6. The minimum Gasteiger partial charge on any atom is -0.368 e. The van der Waals surface area contributed by atoms with Crippen LogP contribution in [-0.4, -0.2) is 57.8 Å². The summed E-state index contributed by atoms with van der Waals surface area (Å²) in [6.07, 6.45) is 2.66. The monoisotopic (exact) mass is 528 g/mol. The van der Waals surface area contributed by atoms with E-state index in [1.807, 2.05) is 6.07 Å². The molecule has 2 atom stereocenters. The van der Waals surface area contributed by atoms with Gasteiger partial charge in [0.2, 0.25) is 5.91 Å². The number of primary amides is 1. The van der Waals surface area contributed by atoms with Crippen molar-refractivity contribution >= 4 is 74.7 Å². The summed E-state index contributed by atoms with van der Waals surface area (Å²) in [5.74, 6) is 0.0185. The smallest absolute Gasteiger partial charge is 0.368 e. The molecule has 1 aromatic heterocycles. The van der Waals surface area contributed by atoms with Gasteiger partial charge >= 0.3 is 6.99 Å². The molecule has 2 aliphatic heterocycles. The molecule has 1 saturated heterocycles. The summed E-state index contributed by atoms with van der Waals surface area (Å²) in [4.78, 5) is 33.0. The van der Waals surface area contributed by atoms with Crippen molar-refractivity contribution in [3.8, 4) is 11.1 Å². The van der Waals surface area contributed by atoms with Crippen LogP contribution < -0.4 is 21.0 Å². The van der Waals surface area contributed by atoms with Crippen LogP contribution in [0.25, 0.3) is 11.1 Å². The standard InChI is InChI=1S/C25H18B3Cl2FN4O2/c26-25(27)28(31)17-2-1-3-18(29)21(17)24(37)35(25)23-20(34-10-14-6-15(14)11-34)8-13(9-33-23)16-5-4-12(22(32)36)7-19(16)30/h1-5,7-9,14-15H,6,10-11H2,(H2,32,36). The van der Waals surface area contributed by atoms with E-state index in [0.717, 1.165) is 24.4 Å². The van der Waals surface area contributed by atoms with Crippen molar-refractivity contribution in [1.82, 2.24) is 4.98 Å². The lowest BCUT2D eigenvalue weighted by Crippen LogP contribution is -2.70. The summed E-state index contributed by atoms with van der Waals surface area (Å²) < 4.78 is 15.7. The minimum atomic E-state index is -2.21. The molecule has 1 saturated carbocycles. The van der Waals surface area contributed by atoms with E-state index in [1.54, 1.807) is 18.2 Å². The van der Waals surface area contributed by atoms with Crippen LogP contribution >= 0.6 is 23.2 Å². The van der Waals surface area contributed by atoms with Gasteiger partial charge < -0.3 is 19.8 Å². The van der Waals surface area contributed by atoms with Crippen molar-refractivity contribution in [1.29, 1.82) is 0 Å². The lowest BCUT2D eigenvalue weighted by atomic mass is 9.30. The topological polar surface area (TPSA) is 79.5 Å². The number of benzene rings is 2. The molecular weight excluding hydrogens is 511 g/mol. The maximum absolute atomic E-state index is 15.7. The molecule has 1 aliphatic carbocycles. The fourth-order valence-corrected chi connectivity index (χ4v) is 5.96. The Labute approximate surface area is 226 Å². The van der Waals surface area contributed by atoms with Gasteiger partial charge in [0.15, 0.2) is 5.82 Å². The number of pyridine rings is 1. The number of fused-ring (bicyclic) bond motifs is 2. The number of halogens is 3. The second-order valence-electron chi connectivity index (χ2n) is 9.88. The Bertz CT molecular complexity index is 1480. The predicted molar refractivity (Wildman–Crippen MR) is 146 cm³/mol. The van der Waals surface area contributed by atoms with E-state index < -0.39 is 24.0 Å². The van der Waals surface area contributed by atoms with E-state index in [-0.39, 0.29) is 27.4 Å². The Hall–Kier alpha value is -2.97. The summed E-state index contributed by atoms with van der Waals surface area (Å²) in [5.41, 5.74) is 7.53. The van der Waals surface area contributed by atoms with Crippen LogP contribution in [0.1, 0.15) is 27.1 Å². The van der Waals surface area contributed by atoms with Gasteiger partial charge in [0.1, 0.15) is 0 Å². The van der Waals surface area contributed by atoms with Crippen molar-refractivity contribution in [2.45, 2.75) is 11.7 Å². The van der Waals surface area contributed by atoms with Crippen LogP contribution in [0.15, 0.2) is 48.7 Å². The molecule has 12 heteroatoms. The largest absolute Gasteiger partial charge is 0.390 e. The number of anilines is 2. The van der Waals surface area contributed by atoms with Crippen LogP contribution in [0.5, 0.6) is 0 Å². The zero-order chi connectivity index (χ0) is 26.2. The molecule has 4 radical (unpaired) electrons. The number of carbonyl (C=O) groups is 2. The molecule has 0 bridgehead atoms. The Morgan fingerprint density at radius 1 is 1.14 bits per heavy atom. The highest BCUT2D eigenvalue weighted by molar-refractivity contribution is 6.88. The van der Waals surface area contributed by atoms with Gasteiger partial charge in [0, 0.05) is 41.0 Å². The van der Waals surface area contributed by atoms with Crippen LogP contribution in [0, 0.1) is 11.8 Å². The quantitative estimate of drug-likeness (QED) is 0.528. The maximum atomic E-state index is 15.7. The summed E-state index contributed by atoms with van der Waals surface area (Å²) in [6, 6.07) is 11.1. The van der Waals surface area contributed by atoms with Crippen molar-refractivity contribution < 1.29 is 13.9 Å². The molecular formula is C25H18B3Cl2FN4O2. The molecule has 2 unspecified atom stereocenters. The normalized spacial score (nSPS) is 21.6. The molecule has 2 amide bonds. The van der Waals surface area contributed by atoms with Gasteiger partial charge in [-0.25, -0.2) is 4.98 Å². The van der Waals surface area contributed by atoms with Gasteiger partial charge in [-0.05, 0) is 53.2 Å². The molecule has 0 spiro atoms. The van der Waals surface area contributed by atoms with E-state index in [0.29, 0.717) is 33.7 Å². The first kappa shape index (κ1) is 24.4. The SMILES string of the molecule is [B]C1([B])B(F)c2cccc(Cl)c2C(=O)N1c1ncc(-c2ccc(C(N)=O)cc2Cl)cc1N1CC2CC2C1. The van der Waals surface area contributed by atoms with E-state index in [1.165, 1.54) is 24.4 Å². The first-order valence-corrected chi connectivity index (χ1v) is 12.5. The van der Waals surface area contributed by atoms with Gasteiger partial charge in [-0.1, -0.05) is 41.4 Å². The van der Waals surface area contributed by atoms with Gasteiger partial charge in [0.05, 0.1) is 32.0 Å². The molecule has 2 aromatic carbocycles. The third kappa shape index (κ3) is 3.84. The van der Waals surface area contributed by atoms with E-state index in [4.69, 9.17) is 44.6 Å². The van der Waals surface area contributed by atoms with Gasteiger partial charge in [-0.3, -0.25) is 9.59 Å². The Balaban J connectivity index is 1.50. The summed E-state index contributed by atoms with van der Waals surface area (Å²) in [6.45, 7) is -0.383. The Morgan fingerprint density at radius 2 is 1.86 bits per heavy atom. The number of piperidine rings is 1. The third-order valence-corrected chi connectivity index (χ3v) is 8.10. The minimum absolute atomic E-state index is 0.00868. The number of carbonyl (C=O) groups excluding carboxylic acids is 2. The highest BCUT2D eigenvalue weighted by Crippen LogP contribution is 2.49. The fourth-order valence-electron chi connectivity index (χ4n) is 5.40. The molecule has 37 heavy (non-hydrogen) atoms. The van der Waals surface area contributed by atoms with Crippen LogP contribution in [0.4, 0.5) is 15.8 Å². The Morgan fingerprint density at radius 3 is 2.54 bits per heavy atom. The molecule has 180 valence electrons. The van der Waals surface area contributed by atoms with Gasteiger partial charge in [-0.2, -0.15) is 0 Å². The lowest BCUT2D eigenvalue weighted by molar-refractivity contribution is 0.0980. The average molecular weight is 529 g/mol. The van der Waals surface area contributed by atoms with E-state index in [9.17, 15) is 9.59 Å². The highest BCUT2D eigenvalue weighted by Gasteiger charge is 2.52. The molecule has 3 heterocycles. The van der Waals surface area contributed by atoms with Crippen molar-refractivity contribution in [3.63, 3.8) is 0 Å². The zero-order valence-electron chi connectivity index (χ0n) is 19.5. The molecule has 2 fully saturated rings. The average Bonchev–Trinajstić information content (AvgIpc) is 3.47. The first-order chi connectivity index (χ1) is 17.6. The highest BCUT2D eigenvalue weighted by atomic mass is 35.5. The van der Waals surface area contributed by atoms with E-state index >= 15 is 4.32 Å². The number of aromatic nitrogens is 1. The predicted octanol–water partition coefficient (Wildman–Crippen LogP) is 2.97. The summed E-state index contributed by atoms with van der Waals surface area (Å²) in [5, 5.41) is -1.79. The fraction of sp³-hybridized carbons (Fsp3) is 0.240. The molecule has 3 aliphatic rings. The number of nitrogens with two attached hydrogens (primary N) is 1. The number of hydrogen-bond acceptors (Lipinski definition) is 4. The number of rotatable bonds is 4. The van der Waals surface area contributed by atoms with Crippen LogP contribution in [-0.2, 0) is 0 Å². The molecule has 3 aromatic rings. The Kier molecular flexibility index (Phi) is 5.62. The molecule has 2 N–H and O–H groups in total. The lowest BCUT2D eigenvalue weighted by Gasteiger charge is -2.45. The van der Waals surface area contributed by atoms with Gasteiger partial charge in [0.25, 0.3) is 5.91 Å². The van der Waals surface area contributed by atoms with Crippen molar-refractivity contribution in [2.75, 3.05) is 22.9 Å². The second kappa shape index (κ2) is 8.53. The third-order valence-electron chi connectivity index (χ3n) is 7.47. The number of amides is 2. The van der Waals surface area contributed by atoms with Gasteiger partial charge in [-0.15, -0.1) is 0 Å². The van der Waals surface area contributed by atoms with Crippen molar-refractivity contribution in [3.05, 3.63) is 69.8 Å². The second-order valence-corrected chi connectivity index (χ2v) is 10.7. The van der Waals surface area contributed by atoms with Crippen LogP contribution in [0.3, 0.4) is 0 Å². The molecule has 6 rings (SSSR count). The van der Waals surface area contributed by atoms with Crippen molar-refractivity contribution in [2.24, 2.45) is 17.6 Å². The maximum Gasteiger partial charge on any atom is 0.390 e. The number of hydrogen-bond donors (Lipinski definition) is 1. The molecule has 6 nitrogen and oxygen atoms in total. The van der Waals surface area contributed by atoms with E-state index in [2.05, 4.69) is 9.88 Å².